The van der Waals surface area contributed by atoms with E-state index in [1.54, 1.807) is 60.7 Å². The standard InChI is InChI=1S/C22H18ClNO4/c1-27-17-10-15(11-18(13-17)28-2)22(26)24-20-9-8-16(23)12-19(20)21(25)14-6-4-3-5-7-14/h3-13H,1-2H3,(H,24,26). The Morgan fingerprint density at radius 2 is 1.46 bits per heavy atom. The summed E-state index contributed by atoms with van der Waals surface area (Å²) in [6, 6.07) is 18.4. The minimum Gasteiger partial charge on any atom is -0.497 e. The maximum Gasteiger partial charge on any atom is 0.255 e. The number of anilines is 1. The molecule has 0 radical (unpaired) electrons. The first-order chi connectivity index (χ1) is 13.5. The highest BCUT2D eigenvalue weighted by molar-refractivity contribution is 6.31. The molecule has 28 heavy (non-hydrogen) atoms. The van der Waals surface area contributed by atoms with Gasteiger partial charge in [0.1, 0.15) is 11.5 Å². The van der Waals surface area contributed by atoms with Crippen LogP contribution in [0.1, 0.15) is 26.3 Å². The van der Waals surface area contributed by atoms with Crippen molar-refractivity contribution in [1.82, 2.24) is 0 Å². The third-order valence-electron chi connectivity index (χ3n) is 4.12. The Morgan fingerprint density at radius 3 is 2.07 bits per heavy atom. The number of rotatable bonds is 6. The Morgan fingerprint density at radius 1 is 0.821 bits per heavy atom. The molecule has 3 aromatic rings. The van der Waals surface area contributed by atoms with E-state index in [1.807, 2.05) is 6.07 Å². The Hall–Kier alpha value is -3.31. The molecule has 0 heterocycles. The minimum atomic E-state index is -0.401. The van der Waals surface area contributed by atoms with Gasteiger partial charge >= 0.3 is 0 Å². The van der Waals surface area contributed by atoms with Crippen LogP contribution in [-0.2, 0) is 0 Å². The van der Waals surface area contributed by atoms with Crippen LogP contribution < -0.4 is 14.8 Å². The molecule has 0 aromatic heterocycles. The molecule has 1 N–H and O–H groups in total. The number of hydrogen-bond donors (Lipinski definition) is 1. The highest BCUT2D eigenvalue weighted by Gasteiger charge is 2.17. The fraction of sp³-hybridized carbons (Fsp3) is 0.0909. The van der Waals surface area contributed by atoms with Gasteiger partial charge in [-0.15, -0.1) is 0 Å². The second-order valence-corrected chi connectivity index (χ2v) is 6.38. The second-order valence-electron chi connectivity index (χ2n) is 5.94. The number of carbonyl (C=O) groups excluding carboxylic acids is 2. The molecule has 0 fully saturated rings. The minimum absolute atomic E-state index is 0.235. The molecule has 0 saturated carbocycles. The maximum atomic E-state index is 12.9. The normalized spacial score (nSPS) is 10.2. The number of ether oxygens (including phenoxy) is 2. The Kier molecular flexibility index (Phi) is 5.96. The number of benzene rings is 3. The summed E-state index contributed by atoms with van der Waals surface area (Å²) in [7, 11) is 3.01. The number of ketones is 1. The van der Waals surface area contributed by atoms with E-state index in [2.05, 4.69) is 5.32 Å². The van der Waals surface area contributed by atoms with Crippen molar-refractivity contribution in [2.75, 3.05) is 19.5 Å². The van der Waals surface area contributed by atoms with Gasteiger partial charge in [-0.2, -0.15) is 0 Å². The first-order valence-electron chi connectivity index (χ1n) is 8.45. The molecule has 5 nitrogen and oxygen atoms in total. The lowest BCUT2D eigenvalue weighted by Gasteiger charge is -2.13. The SMILES string of the molecule is COc1cc(OC)cc(C(=O)Nc2ccc(Cl)cc2C(=O)c2ccccc2)c1. The molecule has 3 rings (SSSR count). The molecule has 0 aliphatic rings. The van der Waals surface area contributed by atoms with Crippen LogP contribution in [0.25, 0.3) is 0 Å². The smallest absolute Gasteiger partial charge is 0.255 e. The maximum absolute atomic E-state index is 12.9. The van der Waals surface area contributed by atoms with Gasteiger partial charge in [-0.05, 0) is 30.3 Å². The Labute approximate surface area is 167 Å². The van der Waals surface area contributed by atoms with Crippen LogP contribution in [0.2, 0.25) is 5.02 Å². The van der Waals surface area contributed by atoms with E-state index >= 15 is 0 Å². The molecule has 0 atom stereocenters. The molecule has 0 bridgehead atoms. The number of carbonyl (C=O) groups is 2. The first-order valence-corrected chi connectivity index (χ1v) is 8.83. The molecule has 0 saturated heterocycles. The topological polar surface area (TPSA) is 64.6 Å². The van der Waals surface area contributed by atoms with Crippen molar-refractivity contribution in [1.29, 1.82) is 0 Å². The summed E-state index contributed by atoms with van der Waals surface area (Å²) in [5.74, 6) is 0.339. The average Bonchev–Trinajstić information content (AvgIpc) is 2.74. The van der Waals surface area contributed by atoms with E-state index < -0.39 is 5.91 Å². The van der Waals surface area contributed by atoms with Gasteiger partial charge in [0, 0.05) is 27.8 Å². The lowest BCUT2D eigenvalue weighted by molar-refractivity contribution is 0.102. The van der Waals surface area contributed by atoms with Crippen LogP contribution in [-0.4, -0.2) is 25.9 Å². The van der Waals surface area contributed by atoms with E-state index in [1.165, 1.54) is 14.2 Å². The summed E-state index contributed by atoms with van der Waals surface area (Å²) in [6.45, 7) is 0. The number of hydrogen-bond acceptors (Lipinski definition) is 4. The van der Waals surface area contributed by atoms with E-state index in [4.69, 9.17) is 21.1 Å². The average molecular weight is 396 g/mol. The van der Waals surface area contributed by atoms with Crippen LogP contribution in [0, 0.1) is 0 Å². The molecular weight excluding hydrogens is 378 g/mol. The van der Waals surface area contributed by atoms with Gasteiger partial charge in [-0.25, -0.2) is 0 Å². The Balaban J connectivity index is 1.95. The third-order valence-corrected chi connectivity index (χ3v) is 4.36. The van der Waals surface area contributed by atoms with Crippen molar-refractivity contribution in [3.63, 3.8) is 0 Å². The number of halogens is 1. The van der Waals surface area contributed by atoms with E-state index in [0.717, 1.165) is 0 Å². The summed E-state index contributed by atoms with van der Waals surface area (Å²) in [5.41, 5.74) is 1.51. The van der Waals surface area contributed by atoms with E-state index in [0.29, 0.717) is 38.9 Å². The first kappa shape index (κ1) is 19.5. The van der Waals surface area contributed by atoms with Crippen molar-refractivity contribution in [2.45, 2.75) is 0 Å². The highest BCUT2D eigenvalue weighted by Crippen LogP contribution is 2.26. The van der Waals surface area contributed by atoms with Gasteiger partial charge in [0.15, 0.2) is 5.78 Å². The zero-order chi connectivity index (χ0) is 20.1. The van der Waals surface area contributed by atoms with Crippen molar-refractivity contribution in [3.8, 4) is 11.5 Å². The fourth-order valence-corrected chi connectivity index (χ4v) is 2.86. The summed E-state index contributed by atoms with van der Waals surface area (Å²) < 4.78 is 10.4. The Bertz CT molecular complexity index is 996. The molecule has 1 amide bonds. The molecule has 0 aliphatic carbocycles. The number of methoxy groups -OCH3 is 2. The molecule has 0 unspecified atom stereocenters. The summed E-state index contributed by atoms with van der Waals surface area (Å²) in [4.78, 5) is 25.7. The van der Waals surface area contributed by atoms with Gasteiger partial charge in [0.05, 0.1) is 19.9 Å². The molecule has 0 aliphatic heterocycles. The van der Waals surface area contributed by atoms with Crippen molar-refractivity contribution in [3.05, 3.63) is 88.4 Å². The van der Waals surface area contributed by atoms with Crippen molar-refractivity contribution < 1.29 is 19.1 Å². The molecule has 0 spiro atoms. The zero-order valence-electron chi connectivity index (χ0n) is 15.4. The van der Waals surface area contributed by atoms with Crippen LogP contribution in [0.5, 0.6) is 11.5 Å². The van der Waals surface area contributed by atoms with Gasteiger partial charge in [0.25, 0.3) is 5.91 Å². The number of nitrogens with one attached hydrogen (secondary N) is 1. The highest BCUT2D eigenvalue weighted by atomic mass is 35.5. The third kappa shape index (κ3) is 4.32. The van der Waals surface area contributed by atoms with Crippen molar-refractivity contribution in [2.24, 2.45) is 0 Å². The summed E-state index contributed by atoms with van der Waals surface area (Å²) in [6.07, 6.45) is 0. The lowest BCUT2D eigenvalue weighted by Crippen LogP contribution is -2.15. The quantitative estimate of drug-likeness (QED) is 0.606. The second kappa shape index (κ2) is 8.59. The van der Waals surface area contributed by atoms with E-state index in [-0.39, 0.29) is 5.78 Å². The van der Waals surface area contributed by atoms with Crippen molar-refractivity contribution >= 4 is 29.0 Å². The number of amides is 1. The molecule has 3 aromatic carbocycles. The van der Waals surface area contributed by atoms with Gasteiger partial charge in [0.2, 0.25) is 0 Å². The van der Waals surface area contributed by atoms with Gasteiger partial charge in [-0.3, -0.25) is 9.59 Å². The van der Waals surface area contributed by atoms with Gasteiger partial charge < -0.3 is 14.8 Å². The molecule has 6 heteroatoms. The van der Waals surface area contributed by atoms with Crippen LogP contribution in [0.15, 0.2) is 66.7 Å². The molecule has 142 valence electrons. The van der Waals surface area contributed by atoms with Gasteiger partial charge in [-0.1, -0.05) is 41.9 Å². The molecular formula is C22H18ClNO4. The predicted molar refractivity (Wildman–Crippen MR) is 109 cm³/mol. The summed E-state index contributed by atoms with van der Waals surface area (Å²) >= 11 is 6.08. The monoisotopic (exact) mass is 395 g/mol. The van der Waals surface area contributed by atoms with Crippen LogP contribution in [0.3, 0.4) is 0 Å². The zero-order valence-corrected chi connectivity index (χ0v) is 16.1. The van der Waals surface area contributed by atoms with Crippen LogP contribution >= 0.6 is 11.6 Å². The van der Waals surface area contributed by atoms with Crippen LogP contribution in [0.4, 0.5) is 5.69 Å². The predicted octanol–water partition coefficient (Wildman–Crippen LogP) is 4.84. The fourth-order valence-electron chi connectivity index (χ4n) is 2.69. The summed E-state index contributed by atoms with van der Waals surface area (Å²) in [5, 5.41) is 3.18. The largest absolute Gasteiger partial charge is 0.497 e. The van der Waals surface area contributed by atoms with E-state index in [9.17, 15) is 9.59 Å². The lowest BCUT2D eigenvalue weighted by atomic mass is 10.0.